The van der Waals surface area contributed by atoms with Crippen LogP contribution in [-0.4, -0.2) is 62.8 Å². The largest absolute Gasteiger partial charge is 0.457 e. The van der Waals surface area contributed by atoms with Gasteiger partial charge in [0.05, 0.1) is 17.3 Å². The number of rotatable bonds is 16. The second-order valence-corrected chi connectivity index (χ2v) is 20.3. The van der Waals surface area contributed by atoms with Crippen LogP contribution < -0.4 is 4.74 Å². The molecule has 68 heavy (non-hydrogen) atoms. The summed E-state index contributed by atoms with van der Waals surface area (Å²) in [7, 11) is -5.14. The van der Waals surface area contributed by atoms with Gasteiger partial charge in [-0.1, -0.05) is 60.7 Å². The van der Waals surface area contributed by atoms with Gasteiger partial charge in [0.2, 0.25) is 0 Å². The van der Waals surface area contributed by atoms with Crippen molar-refractivity contribution < 1.29 is 50.7 Å². The fourth-order valence-corrected chi connectivity index (χ4v) is 10.8. The van der Waals surface area contributed by atoms with E-state index in [2.05, 4.69) is 0 Å². The van der Waals surface area contributed by atoms with Crippen LogP contribution in [0.1, 0.15) is 72.6 Å². The summed E-state index contributed by atoms with van der Waals surface area (Å²) in [5, 5.41) is 0. The van der Waals surface area contributed by atoms with Crippen LogP contribution in [-0.2, 0) is 25.5 Å². The molecule has 7 aromatic carbocycles. The molecular weight excluding hydrogens is 887 g/mol. The second kappa shape index (κ2) is 19.4. The summed E-state index contributed by atoms with van der Waals surface area (Å²) in [5.41, 5.74) is 5.77. The van der Waals surface area contributed by atoms with Crippen LogP contribution in [0.4, 0.5) is 8.78 Å². The van der Waals surface area contributed by atoms with E-state index in [9.17, 15) is 31.7 Å². The van der Waals surface area contributed by atoms with Gasteiger partial charge >= 0.3 is 0 Å². The maximum atomic E-state index is 15.0. The van der Waals surface area contributed by atoms with E-state index in [1.54, 1.807) is 66.7 Å². The third-order valence-electron chi connectivity index (χ3n) is 12.7. The maximum Gasteiger partial charge on any atom is 0.193 e. The van der Waals surface area contributed by atoms with Crippen molar-refractivity contribution in [3.8, 4) is 33.8 Å². The number of ketones is 3. The lowest BCUT2D eigenvalue weighted by molar-refractivity contribution is 0.103. The van der Waals surface area contributed by atoms with Crippen LogP contribution >= 0.6 is 0 Å². The van der Waals surface area contributed by atoms with Crippen LogP contribution in [0.5, 0.6) is 11.5 Å². The first-order valence-electron chi connectivity index (χ1n) is 22.5. The summed E-state index contributed by atoms with van der Waals surface area (Å²) in [6, 6.07) is 41.2. The molecule has 2 N–H and O–H groups in total. The molecular formula is C56H48F2O9S. The molecule has 0 aliphatic carbocycles. The van der Waals surface area contributed by atoms with Gasteiger partial charge < -0.3 is 23.3 Å². The topological polar surface area (TPSA) is 136 Å². The highest BCUT2D eigenvalue weighted by atomic mass is 32.3. The normalized spacial score (nSPS) is 16.5. The minimum Gasteiger partial charge on any atom is -0.457 e. The van der Waals surface area contributed by atoms with Crippen LogP contribution in [0.2, 0.25) is 0 Å². The van der Waals surface area contributed by atoms with Crippen molar-refractivity contribution in [2.75, 3.05) is 32.2 Å². The Kier molecular flexibility index (Phi) is 13.2. The molecule has 0 bridgehead atoms. The maximum absolute atomic E-state index is 15.0. The Morgan fingerprint density at radius 3 is 1.60 bits per heavy atom. The van der Waals surface area contributed by atoms with E-state index in [0.717, 1.165) is 24.0 Å². The molecule has 2 aliphatic heterocycles. The molecule has 0 saturated carbocycles. The van der Waals surface area contributed by atoms with Gasteiger partial charge in [0.25, 0.3) is 0 Å². The molecule has 12 heteroatoms. The smallest absolute Gasteiger partial charge is 0.193 e. The number of ether oxygens (including phenoxy) is 3. The van der Waals surface area contributed by atoms with E-state index >= 15 is 4.79 Å². The summed E-state index contributed by atoms with van der Waals surface area (Å²) < 4.78 is 79.9. The minimum atomic E-state index is -5.14. The number of aryl methyl sites for hydroxylation is 1. The molecule has 2 heterocycles. The molecule has 0 aromatic heterocycles. The summed E-state index contributed by atoms with van der Waals surface area (Å²) in [5.74, 6) is -1.07. The van der Waals surface area contributed by atoms with Crippen molar-refractivity contribution in [2.45, 2.75) is 30.6 Å². The van der Waals surface area contributed by atoms with Crippen molar-refractivity contribution in [3.05, 3.63) is 208 Å². The second-order valence-electron chi connectivity index (χ2n) is 17.5. The standard InChI is InChI=1S/C56H48F2O9S/c57-47-17-11-42(12-18-47)54(59)40-7-3-38(4-8-40)44-15-25-51(39-5-9-41(10-6-39)55(60)43-13-19-48(58)20-14-43)52(32-44)56(61)46-16-26-53(45(31-46)2-1-36-27-29-65-33-36)67-49-21-23-50(24-22-49)68(62,63,64)35-37-28-30-66-34-37/h3-26,31-32,36-37H,1-2,27-30,33-35H2,(H2,62,63,64). The third-order valence-corrected chi connectivity index (χ3v) is 15.0. The Labute approximate surface area is 392 Å². The molecule has 2 saturated heterocycles. The van der Waals surface area contributed by atoms with E-state index in [1.807, 2.05) is 18.2 Å². The molecule has 2 fully saturated rings. The summed E-state index contributed by atoms with van der Waals surface area (Å²) in [6.45, 7) is 2.11. The fraction of sp³-hybridized carbons (Fsp3) is 0.196. The molecule has 0 amide bonds. The van der Waals surface area contributed by atoms with E-state index in [1.165, 1.54) is 72.8 Å². The Bertz CT molecular complexity index is 3040. The van der Waals surface area contributed by atoms with Crippen molar-refractivity contribution >= 4 is 27.0 Å². The van der Waals surface area contributed by atoms with Gasteiger partial charge in [-0.2, -0.15) is 0 Å². The van der Waals surface area contributed by atoms with Crippen molar-refractivity contribution in [1.29, 1.82) is 0 Å². The Balaban J connectivity index is 1.05. The number of hydrogen-bond acceptors (Lipinski definition) is 7. The average molecular weight is 935 g/mol. The Morgan fingerprint density at radius 1 is 0.559 bits per heavy atom. The first kappa shape index (κ1) is 46.3. The van der Waals surface area contributed by atoms with Gasteiger partial charge in [-0.15, -0.1) is 0 Å². The highest BCUT2D eigenvalue weighted by Crippen LogP contribution is 2.37. The third kappa shape index (κ3) is 10.5. The number of benzene rings is 7. The lowest BCUT2D eigenvalue weighted by Gasteiger charge is -2.33. The molecule has 0 spiro atoms. The Morgan fingerprint density at radius 2 is 1.06 bits per heavy atom. The number of carbonyl (C=O) groups is 3. The first-order valence-corrected chi connectivity index (χ1v) is 24.5. The predicted octanol–water partition coefficient (Wildman–Crippen LogP) is 11.9. The van der Waals surface area contributed by atoms with Crippen molar-refractivity contribution in [2.24, 2.45) is 11.8 Å². The molecule has 2 aliphatic rings. The summed E-state index contributed by atoms with van der Waals surface area (Å²) >= 11 is 0. The minimum absolute atomic E-state index is 0.106. The van der Waals surface area contributed by atoms with Crippen LogP contribution in [0, 0.1) is 23.5 Å². The number of carbonyl (C=O) groups excluding carboxylic acids is 3. The fourth-order valence-electron chi connectivity index (χ4n) is 8.80. The number of hydrogen-bond donors (Lipinski definition) is 2. The van der Waals surface area contributed by atoms with E-state index in [0.29, 0.717) is 107 Å². The van der Waals surface area contributed by atoms with Crippen molar-refractivity contribution in [1.82, 2.24) is 0 Å². The molecule has 7 aromatic rings. The molecule has 9 nitrogen and oxygen atoms in total. The zero-order valence-electron chi connectivity index (χ0n) is 36.9. The zero-order valence-corrected chi connectivity index (χ0v) is 37.8. The van der Waals surface area contributed by atoms with Crippen LogP contribution in [0.25, 0.3) is 22.3 Å². The lowest BCUT2D eigenvalue weighted by Crippen LogP contribution is -2.38. The lowest BCUT2D eigenvalue weighted by atomic mass is 9.89. The quantitative estimate of drug-likeness (QED) is 0.0908. The highest BCUT2D eigenvalue weighted by Gasteiger charge is 2.37. The summed E-state index contributed by atoms with van der Waals surface area (Å²) in [6.07, 6.45) is 2.85. The van der Waals surface area contributed by atoms with Crippen molar-refractivity contribution in [3.63, 3.8) is 0 Å². The van der Waals surface area contributed by atoms with Crippen LogP contribution in [0.3, 0.4) is 0 Å². The molecule has 346 valence electrons. The van der Waals surface area contributed by atoms with E-state index in [4.69, 9.17) is 14.2 Å². The average Bonchev–Trinajstić information content (AvgIpc) is 4.08. The summed E-state index contributed by atoms with van der Waals surface area (Å²) in [4.78, 5) is 41.4. The molecule has 2 atom stereocenters. The molecule has 0 radical (unpaired) electrons. The number of halogens is 2. The van der Waals surface area contributed by atoms with Gasteiger partial charge in [0.1, 0.15) is 32.8 Å². The van der Waals surface area contributed by atoms with Gasteiger partial charge in [-0.3, -0.25) is 14.4 Å². The molecule has 9 rings (SSSR count). The predicted molar refractivity (Wildman–Crippen MR) is 256 cm³/mol. The van der Waals surface area contributed by atoms with E-state index < -0.39 is 21.3 Å². The Hall–Kier alpha value is -6.80. The van der Waals surface area contributed by atoms with Gasteiger partial charge in [0.15, 0.2) is 17.3 Å². The van der Waals surface area contributed by atoms with Gasteiger partial charge in [-0.05, 0) is 162 Å². The van der Waals surface area contributed by atoms with E-state index in [-0.39, 0.29) is 33.9 Å². The highest BCUT2D eigenvalue weighted by molar-refractivity contribution is 8.10. The van der Waals surface area contributed by atoms with Gasteiger partial charge in [0, 0.05) is 53.2 Å². The van der Waals surface area contributed by atoms with Gasteiger partial charge in [-0.25, -0.2) is 13.0 Å². The first-order chi connectivity index (χ1) is 32.7. The molecule has 2 unspecified atom stereocenters. The SMILES string of the molecule is O=C(c1ccc(F)cc1)c1ccc(-c2ccc(-c3ccc(C(=O)c4ccc(F)cc4)cc3)c(C(=O)c3ccc(Oc4ccc(S(=O)(O)(O)CC5CCOC5)cc4)c(CCC4CCOC4)c3)c2)cc1. The van der Waals surface area contributed by atoms with Crippen LogP contribution in [0.15, 0.2) is 163 Å². The monoisotopic (exact) mass is 934 g/mol. The zero-order chi connectivity index (χ0) is 47.4.